The summed E-state index contributed by atoms with van der Waals surface area (Å²) in [6.07, 6.45) is 4.69. The summed E-state index contributed by atoms with van der Waals surface area (Å²) in [5.41, 5.74) is 2.54. The van der Waals surface area contributed by atoms with Gasteiger partial charge in [-0.1, -0.05) is 12.1 Å². The minimum atomic E-state index is -0.931. The molecule has 1 unspecified atom stereocenters. The number of carbonyl (C=O) groups is 2. The molecule has 2 aromatic rings. The summed E-state index contributed by atoms with van der Waals surface area (Å²) in [6, 6.07) is 10.3. The molecule has 1 fully saturated rings. The van der Waals surface area contributed by atoms with Crippen molar-refractivity contribution in [2.24, 2.45) is 0 Å². The molecule has 0 bridgehead atoms. The smallest absolute Gasteiger partial charge is 0.326 e. The van der Waals surface area contributed by atoms with Gasteiger partial charge in [0.15, 0.2) is 0 Å². The van der Waals surface area contributed by atoms with Crippen LogP contribution in [0.1, 0.15) is 23.2 Å². The number of rotatable bonds is 3. The van der Waals surface area contributed by atoms with Gasteiger partial charge in [-0.15, -0.1) is 0 Å². The number of benzene rings is 1. The highest BCUT2D eigenvalue weighted by Crippen LogP contribution is 2.23. The fourth-order valence-corrected chi connectivity index (χ4v) is 2.78. The van der Waals surface area contributed by atoms with Crippen LogP contribution in [0, 0.1) is 0 Å². The van der Waals surface area contributed by atoms with Gasteiger partial charge in [0.2, 0.25) is 0 Å². The number of likely N-dealkylation sites (tertiary alicyclic amines) is 1. The second-order valence-corrected chi connectivity index (χ2v) is 5.31. The Hall–Kier alpha value is -2.69. The Labute approximate surface area is 128 Å². The third kappa shape index (κ3) is 2.70. The monoisotopic (exact) mass is 296 g/mol. The van der Waals surface area contributed by atoms with Crippen LogP contribution in [0.4, 0.5) is 0 Å². The molecular formula is C17H16N2O3. The molecule has 5 nitrogen and oxygen atoms in total. The Morgan fingerprint density at radius 2 is 1.68 bits per heavy atom. The second-order valence-electron chi connectivity index (χ2n) is 5.31. The van der Waals surface area contributed by atoms with Gasteiger partial charge in [-0.05, 0) is 48.2 Å². The van der Waals surface area contributed by atoms with E-state index in [1.807, 2.05) is 24.3 Å². The van der Waals surface area contributed by atoms with Crippen LogP contribution >= 0.6 is 0 Å². The zero-order valence-corrected chi connectivity index (χ0v) is 12.0. The van der Waals surface area contributed by atoms with Crippen molar-refractivity contribution >= 4 is 11.9 Å². The lowest BCUT2D eigenvalue weighted by atomic mass is 10.0. The molecule has 1 N–H and O–H groups in total. The zero-order chi connectivity index (χ0) is 15.5. The molecule has 1 saturated heterocycles. The Kier molecular flexibility index (Phi) is 3.87. The van der Waals surface area contributed by atoms with Crippen LogP contribution < -0.4 is 0 Å². The predicted octanol–water partition coefficient (Wildman–Crippen LogP) is 2.44. The van der Waals surface area contributed by atoms with Gasteiger partial charge in [0, 0.05) is 24.5 Å². The third-order valence-corrected chi connectivity index (χ3v) is 3.94. The van der Waals surface area contributed by atoms with Crippen molar-refractivity contribution in [3.05, 3.63) is 54.4 Å². The summed E-state index contributed by atoms with van der Waals surface area (Å²) in [5, 5.41) is 9.17. The second kappa shape index (κ2) is 5.97. The van der Waals surface area contributed by atoms with Gasteiger partial charge in [0.1, 0.15) is 6.04 Å². The van der Waals surface area contributed by atoms with E-state index in [-0.39, 0.29) is 5.91 Å². The van der Waals surface area contributed by atoms with Crippen molar-refractivity contribution in [1.29, 1.82) is 0 Å². The average molecular weight is 296 g/mol. The Morgan fingerprint density at radius 3 is 2.32 bits per heavy atom. The van der Waals surface area contributed by atoms with Gasteiger partial charge >= 0.3 is 5.97 Å². The van der Waals surface area contributed by atoms with E-state index < -0.39 is 12.0 Å². The van der Waals surface area contributed by atoms with E-state index in [4.69, 9.17) is 0 Å². The van der Waals surface area contributed by atoms with Crippen LogP contribution in [-0.4, -0.2) is 39.5 Å². The molecule has 2 heterocycles. The van der Waals surface area contributed by atoms with Gasteiger partial charge in [-0.25, -0.2) is 4.79 Å². The van der Waals surface area contributed by atoms with E-state index in [1.54, 1.807) is 24.5 Å². The first kappa shape index (κ1) is 14.3. The van der Waals surface area contributed by atoms with Crippen molar-refractivity contribution in [3.8, 4) is 11.1 Å². The van der Waals surface area contributed by atoms with Crippen LogP contribution in [0.15, 0.2) is 48.8 Å². The molecule has 5 heteroatoms. The quantitative estimate of drug-likeness (QED) is 0.944. The van der Waals surface area contributed by atoms with Gasteiger partial charge < -0.3 is 10.0 Å². The number of carboxylic acids is 1. The fourth-order valence-electron chi connectivity index (χ4n) is 2.78. The number of hydrogen-bond donors (Lipinski definition) is 1. The number of amides is 1. The third-order valence-electron chi connectivity index (χ3n) is 3.94. The van der Waals surface area contributed by atoms with Crippen molar-refractivity contribution in [1.82, 2.24) is 9.88 Å². The molecule has 1 aromatic carbocycles. The highest BCUT2D eigenvalue weighted by atomic mass is 16.4. The Bertz CT molecular complexity index is 683. The molecule has 0 radical (unpaired) electrons. The standard InChI is InChI=1S/C17H16N2O3/c20-16(19-11-1-2-15(19)17(21)22)14-5-3-12(4-6-14)13-7-9-18-10-8-13/h3-10,15H,1-2,11H2,(H,21,22). The summed E-state index contributed by atoms with van der Waals surface area (Å²) >= 11 is 0. The molecule has 0 saturated carbocycles. The molecule has 0 aliphatic carbocycles. The molecule has 112 valence electrons. The van der Waals surface area contributed by atoms with Crippen LogP contribution in [-0.2, 0) is 4.79 Å². The molecule has 1 aliphatic rings. The molecule has 0 spiro atoms. The summed E-state index contributed by atoms with van der Waals surface area (Å²) in [5.74, 6) is -1.15. The van der Waals surface area contributed by atoms with Crippen LogP contribution in [0.2, 0.25) is 0 Å². The summed E-state index contributed by atoms with van der Waals surface area (Å²) in [6.45, 7) is 0.502. The van der Waals surface area contributed by atoms with Gasteiger partial charge in [0.05, 0.1) is 0 Å². The lowest BCUT2D eigenvalue weighted by Gasteiger charge is -2.21. The first-order chi connectivity index (χ1) is 10.7. The summed E-state index contributed by atoms with van der Waals surface area (Å²) in [7, 11) is 0. The normalized spacial score (nSPS) is 17.5. The van der Waals surface area contributed by atoms with E-state index in [2.05, 4.69) is 4.98 Å². The lowest BCUT2D eigenvalue weighted by Crippen LogP contribution is -2.40. The minimum absolute atomic E-state index is 0.217. The summed E-state index contributed by atoms with van der Waals surface area (Å²) < 4.78 is 0. The highest BCUT2D eigenvalue weighted by Gasteiger charge is 2.34. The first-order valence-corrected chi connectivity index (χ1v) is 7.21. The van der Waals surface area contributed by atoms with Crippen LogP contribution in [0.5, 0.6) is 0 Å². The molecule has 1 amide bonds. The maximum atomic E-state index is 12.5. The maximum absolute atomic E-state index is 12.5. The van der Waals surface area contributed by atoms with Crippen molar-refractivity contribution in [2.45, 2.75) is 18.9 Å². The van der Waals surface area contributed by atoms with E-state index in [0.717, 1.165) is 17.5 Å². The SMILES string of the molecule is O=C(O)C1CCCN1C(=O)c1ccc(-c2ccncc2)cc1. The van der Waals surface area contributed by atoms with E-state index in [9.17, 15) is 14.7 Å². The topological polar surface area (TPSA) is 70.5 Å². The molecular weight excluding hydrogens is 280 g/mol. The average Bonchev–Trinajstić information content (AvgIpc) is 3.05. The number of carboxylic acid groups (broad SMARTS) is 1. The predicted molar refractivity (Wildman–Crippen MR) is 81.4 cm³/mol. The number of carbonyl (C=O) groups excluding carboxylic acids is 1. The van der Waals surface area contributed by atoms with Crippen LogP contribution in [0.25, 0.3) is 11.1 Å². The summed E-state index contributed by atoms with van der Waals surface area (Å²) in [4.78, 5) is 29.1. The first-order valence-electron chi connectivity index (χ1n) is 7.21. The van der Waals surface area contributed by atoms with Gasteiger partial charge in [-0.2, -0.15) is 0 Å². The van der Waals surface area contributed by atoms with E-state index >= 15 is 0 Å². The molecule has 1 aromatic heterocycles. The molecule has 22 heavy (non-hydrogen) atoms. The maximum Gasteiger partial charge on any atom is 0.326 e. The number of nitrogens with zero attached hydrogens (tertiary/aromatic N) is 2. The zero-order valence-electron chi connectivity index (χ0n) is 12.0. The Balaban J connectivity index is 1.81. The molecule has 3 rings (SSSR count). The minimum Gasteiger partial charge on any atom is -0.480 e. The Morgan fingerprint density at radius 1 is 1.05 bits per heavy atom. The fraction of sp³-hybridized carbons (Fsp3) is 0.235. The highest BCUT2D eigenvalue weighted by molar-refractivity contribution is 5.97. The molecule has 1 atom stereocenters. The van der Waals surface area contributed by atoms with E-state index in [0.29, 0.717) is 18.5 Å². The largest absolute Gasteiger partial charge is 0.480 e. The van der Waals surface area contributed by atoms with Crippen molar-refractivity contribution in [3.63, 3.8) is 0 Å². The molecule has 1 aliphatic heterocycles. The number of aliphatic carboxylic acids is 1. The number of pyridine rings is 1. The van der Waals surface area contributed by atoms with E-state index in [1.165, 1.54) is 4.90 Å². The lowest BCUT2D eigenvalue weighted by molar-refractivity contribution is -0.141. The van der Waals surface area contributed by atoms with Crippen molar-refractivity contribution in [2.75, 3.05) is 6.54 Å². The van der Waals surface area contributed by atoms with Crippen LogP contribution in [0.3, 0.4) is 0 Å². The number of aromatic nitrogens is 1. The van der Waals surface area contributed by atoms with Gasteiger partial charge in [0.25, 0.3) is 5.91 Å². The number of hydrogen-bond acceptors (Lipinski definition) is 3. The van der Waals surface area contributed by atoms with Gasteiger partial charge in [-0.3, -0.25) is 9.78 Å². The van der Waals surface area contributed by atoms with Crippen molar-refractivity contribution < 1.29 is 14.7 Å².